The minimum Gasteiger partial charge on any atom is -0.343 e. The van der Waals surface area contributed by atoms with Crippen LogP contribution < -0.4 is 0 Å². The van der Waals surface area contributed by atoms with E-state index in [-0.39, 0.29) is 28.7 Å². The summed E-state index contributed by atoms with van der Waals surface area (Å²) < 4.78 is 23.9. The van der Waals surface area contributed by atoms with Gasteiger partial charge in [0.25, 0.3) is 0 Å². The molecule has 2 heterocycles. The number of sulfone groups is 1. The average molecular weight is 328 g/mol. The normalized spacial score (nSPS) is 45.5. The fourth-order valence-electron chi connectivity index (χ4n) is 4.67. The fraction of sp³-hybridized carbons (Fsp3) is 0.857. The predicted octanol–water partition coefficient (Wildman–Crippen LogP) is 1.29. The van der Waals surface area contributed by atoms with Crippen LogP contribution in [0.1, 0.15) is 32.6 Å². The van der Waals surface area contributed by atoms with E-state index in [0.717, 1.165) is 17.5 Å². The van der Waals surface area contributed by atoms with E-state index < -0.39 is 9.84 Å². The van der Waals surface area contributed by atoms with Crippen molar-refractivity contribution in [3.05, 3.63) is 0 Å². The maximum Gasteiger partial charge on any atom is 0.244 e. The van der Waals surface area contributed by atoms with E-state index in [1.807, 2.05) is 0 Å². The molecule has 5 atom stereocenters. The Labute approximate surface area is 129 Å². The van der Waals surface area contributed by atoms with E-state index in [0.29, 0.717) is 12.0 Å². The van der Waals surface area contributed by atoms with Crippen molar-refractivity contribution in [1.82, 2.24) is 4.90 Å². The maximum atomic E-state index is 11.9. The average Bonchev–Trinajstić information content (AvgIpc) is 3.07. The number of nitrogens with zero attached hydrogens (tertiary/aromatic N) is 2. The first-order valence-electron chi connectivity index (χ1n) is 7.67. The van der Waals surface area contributed by atoms with Crippen LogP contribution in [0.5, 0.6) is 0 Å². The summed E-state index contributed by atoms with van der Waals surface area (Å²) in [5.74, 6) is 1.73. The third-order valence-corrected chi connectivity index (χ3v) is 8.64. The summed E-state index contributed by atoms with van der Waals surface area (Å²) in [5.41, 5.74) is 0. The Morgan fingerprint density at radius 3 is 2.67 bits per heavy atom. The molecule has 116 valence electrons. The summed E-state index contributed by atoms with van der Waals surface area (Å²) in [6, 6.07) is 0.431. The zero-order chi connectivity index (χ0) is 14.8. The maximum absolute atomic E-state index is 11.9. The molecule has 2 aliphatic carbocycles. The second-order valence-electron chi connectivity index (χ2n) is 6.86. The molecule has 0 radical (unpaired) electrons. The number of hydrogen-bond acceptors (Lipinski definition) is 4. The first-order valence-corrected chi connectivity index (χ1v) is 10.4. The lowest BCUT2D eigenvalue weighted by atomic mass is 9.93. The number of amidine groups is 1. The van der Waals surface area contributed by atoms with Gasteiger partial charge in [0, 0.05) is 18.2 Å². The van der Waals surface area contributed by atoms with Gasteiger partial charge < -0.3 is 4.90 Å². The molecule has 1 amide bonds. The number of aliphatic imine (C=N–C) groups is 1. The molecule has 4 fully saturated rings. The lowest BCUT2D eigenvalue weighted by molar-refractivity contribution is -0.115. The van der Waals surface area contributed by atoms with Crippen molar-refractivity contribution in [2.75, 3.05) is 11.5 Å². The lowest BCUT2D eigenvalue weighted by Crippen LogP contribution is -2.47. The van der Waals surface area contributed by atoms with Gasteiger partial charge in [0.15, 0.2) is 15.0 Å². The molecule has 0 aromatic heterocycles. The Kier molecular flexibility index (Phi) is 3.16. The number of carbonyl (C=O) groups is 1. The van der Waals surface area contributed by atoms with Crippen LogP contribution in [0.25, 0.3) is 0 Å². The monoisotopic (exact) mass is 328 g/mol. The highest BCUT2D eigenvalue weighted by Gasteiger charge is 2.54. The Hall–Kier alpha value is -0.560. The zero-order valence-corrected chi connectivity index (χ0v) is 13.7. The number of fused-ring (bicyclic) bond motifs is 3. The second kappa shape index (κ2) is 4.72. The molecule has 7 heteroatoms. The molecule has 0 spiro atoms. The molecule has 21 heavy (non-hydrogen) atoms. The Morgan fingerprint density at radius 2 is 2.05 bits per heavy atom. The van der Waals surface area contributed by atoms with Gasteiger partial charge in [0.05, 0.1) is 17.5 Å². The van der Waals surface area contributed by atoms with Crippen molar-refractivity contribution >= 4 is 32.7 Å². The SMILES string of the molecule is CC(=O)N=C1S[C@@H]2CS(=O)(=O)C[C@@H]2N1[C@@H]1C[C@@H]2CC[C@@H]1C2. The molecule has 2 saturated heterocycles. The topological polar surface area (TPSA) is 66.8 Å². The number of carbonyl (C=O) groups excluding carboxylic acids is 1. The molecule has 0 N–H and O–H groups in total. The van der Waals surface area contributed by atoms with Gasteiger partial charge in [-0.25, -0.2) is 8.42 Å². The predicted molar refractivity (Wildman–Crippen MR) is 83.0 cm³/mol. The summed E-state index contributed by atoms with van der Waals surface area (Å²) in [5, 5.41) is 0.845. The quantitative estimate of drug-likeness (QED) is 0.726. The van der Waals surface area contributed by atoms with E-state index in [1.165, 1.54) is 37.9 Å². The molecule has 5 nitrogen and oxygen atoms in total. The van der Waals surface area contributed by atoms with Crippen LogP contribution in [-0.4, -0.2) is 53.2 Å². The molecular weight excluding hydrogens is 308 g/mol. The molecule has 4 rings (SSSR count). The molecule has 0 unspecified atom stereocenters. The lowest BCUT2D eigenvalue weighted by Gasteiger charge is -2.36. The smallest absolute Gasteiger partial charge is 0.244 e. The van der Waals surface area contributed by atoms with Gasteiger partial charge in [-0.2, -0.15) is 4.99 Å². The molecular formula is C14H20N2O3S2. The van der Waals surface area contributed by atoms with Gasteiger partial charge in [0.1, 0.15) is 0 Å². The van der Waals surface area contributed by atoms with E-state index in [9.17, 15) is 13.2 Å². The van der Waals surface area contributed by atoms with Crippen LogP contribution in [0.15, 0.2) is 4.99 Å². The summed E-state index contributed by atoms with van der Waals surface area (Å²) in [4.78, 5) is 17.8. The van der Waals surface area contributed by atoms with Gasteiger partial charge in [-0.3, -0.25) is 4.79 Å². The highest BCUT2D eigenvalue weighted by Crippen LogP contribution is 2.51. The van der Waals surface area contributed by atoms with Crippen LogP contribution in [0, 0.1) is 11.8 Å². The third-order valence-electron chi connectivity index (χ3n) is 5.42. The summed E-state index contributed by atoms with van der Waals surface area (Å²) in [7, 11) is -2.94. The number of hydrogen-bond donors (Lipinski definition) is 0. The van der Waals surface area contributed by atoms with Crippen molar-refractivity contribution in [3.63, 3.8) is 0 Å². The summed E-state index contributed by atoms with van der Waals surface area (Å²) in [6.07, 6.45) is 4.97. The van der Waals surface area contributed by atoms with Crippen LogP contribution in [0.4, 0.5) is 0 Å². The molecule has 2 aliphatic heterocycles. The van der Waals surface area contributed by atoms with Crippen molar-refractivity contribution in [1.29, 1.82) is 0 Å². The third kappa shape index (κ3) is 2.32. The first-order chi connectivity index (χ1) is 9.93. The van der Waals surface area contributed by atoms with Gasteiger partial charge >= 0.3 is 0 Å². The fourth-order valence-corrected chi connectivity index (χ4v) is 8.68. The van der Waals surface area contributed by atoms with Crippen LogP contribution in [-0.2, 0) is 14.6 Å². The minimum absolute atomic E-state index is 0.0300. The molecule has 0 aromatic carbocycles. The number of amides is 1. The number of rotatable bonds is 1. The van der Waals surface area contributed by atoms with Gasteiger partial charge in [0.2, 0.25) is 5.91 Å². The molecule has 0 aromatic rings. The van der Waals surface area contributed by atoms with Crippen molar-refractivity contribution in [2.45, 2.75) is 49.9 Å². The van der Waals surface area contributed by atoms with Crippen LogP contribution in [0.3, 0.4) is 0 Å². The standard InChI is InChI=1S/C14H20N2O3S2/c1-8(17)15-14-16(11-5-9-2-3-10(11)4-9)12-6-21(18,19)7-13(12)20-14/h9-13H,2-7H2,1H3/t9-,10-,11-,12+,13-/m1/s1. The van der Waals surface area contributed by atoms with Crippen LogP contribution in [0.2, 0.25) is 0 Å². The van der Waals surface area contributed by atoms with Gasteiger partial charge in [-0.15, -0.1) is 0 Å². The van der Waals surface area contributed by atoms with Crippen molar-refractivity contribution < 1.29 is 13.2 Å². The van der Waals surface area contributed by atoms with E-state index >= 15 is 0 Å². The summed E-state index contributed by atoms with van der Waals surface area (Å²) in [6.45, 7) is 1.47. The van der Waals surface area contributed by atoms with Crippen LogP contribution >= 0.6 is 11.8 Å². The zero-order valence-electron chi connectivity index (χ0n) is 12.1. The van der Waals surface area contributed by atoms with E-state index in [2.05, 4.69) is 9.89 Å². The second-order valence-corrected chi connectivity index (χ2v) is 10.2. The van der Waals surface area contributed by atoms with Crippen molar-refractivity contribution in [3.8, 4) is 0 Å². The van der Waals surface area contributed by atoms with Gasteiger partial charge in [-0.05, 0) is 31.1 Å². The molecule has 2 saturated carbocycles. The highest BCUT2D eigenvalue weighted by atomic mass is 32.2. The highest BCUT2D eigenvalue weighted by molar-refractivity contribution is 8.15. The molecule has 4 aliphatic rings. The van der Waals surface area contributed by atoms with Crippen molar-refractivity contribution in [2.24, 2.45) is 16.8 Å². The summed E-state index contributed by atoms with van der Waals surface area (Å²) >= 11 is 1.51. The van der Waals surface area contributed by atoms with E-state index in [4.69, 9.17) is 0 Å². The van der Waals surface area contributed by atoms with E-state index in [1.54, 1.807) is 0 Å². The molecule has 2 bridgehead atoms. The number of thioether (sulfide) groups is 1. The first kappa shape index (κ1) is 14.1. The Bertz CT molecular complexity index is 616. The Balaban J connectivity index is 1.67. The van der Waals surface area contributed by atoms with Gasteiger partial charge in [-0.1, -0.05) is 18.2 Å². The minimum atomic E-state index is -2.94. The Morgan fingerprint density at radius 1 is 1.24 bits per heavy atom. The largest absolute Gasteiger partial charge is 0.343 e.